The first-order valence-electron chi connectivity index (χ1n) is 5.65. The minimum absolute atomic E-state index is 0.173. The first-order valence-corrected chi connectivity index (χ1v) is 5.65. The Labute approximate surface area is 92.5 Å². The van der Waals surface area contributed by atoms with Crippen molar-refractivity contribution in [1.29, 1.82) is 0 Å². The molecule has 0 radical (unpaired) electrons. The summed E-state index contributed by atoms with van der Waals surface area (Å²) in [5.74, 6) is 0.173. The second-order valence-corrected chi connectivity index (χ2v) is 3.90. The molecule has 1 rings (SSSR count). The van der Waals surface area contributed by atoms with Gasteiger partial charge in [-0.05, 0) is 12.0 Å². The van der Waals surface area contributed by atoms with Crippen LogP contribution in [0.25, 0.3) is 0 Å². The topological polar surface area (TPSA) is 20.2 Å². The first kappa shape index (κ1) is 12.0. The van der Waals surface area contributed by atoms with Gasteiger partial charge in [0.05, 0.1) is 6.10 Å². The summed E-state index contributed by atoms with van der Waals surface area (Å²) >= 11 is 0. The van der Waals surface area contributed by atoms with Gasteiger partial charge in [0.1, 0.15) is 0 Å². The average Bonchev–Trinajstić information content (AvgIpc) is 2.31. The monoisotopic (exact) mass is 204 g/mol. The van der Waals surface area contributed by atoms with Crippen molar-refractivity contribution >= 4 is 0 Å². The van der Waals surface area contributed by atoms with Gasteiger partial charge in [-0.1, -0.05) is 56.2 Å². The standard InChI is InChI=1S/C14H20O/c1-3-5-9-12(4-2)14(15)13-10-7-6-8-11-13/h4,6-8,10-12,14-15H,2-3,5,9H2,1H3/t12-,14+/m1/s1. The van der Waals surface area contributed by atoms with Gasteiger partial charge in [0.2, 0.25) is 0 Å². The highest BCUT2D eigenvalue weighted by Crippen LogP contribution is 2.26. The van der Waals surface area contributed by atoms with E-state index in [4.69, 9.17) is 0 Å². The molecular formula is C14H20O. The highest BCUT2D eigenvalue weighted by molar-refractivity contribution is 5.19. The molecule has 0 aliphatic heterocycles. The van der Waals surface area contributed by atoms with Gasteiger partial charge in [0.25, 0.3) is 0 Å². The van der Waals surface area contributed by atoms with Gasteiger partial charge in [0.15, 0.2) is 0 Å². The van der Waals surface area contributed by atoms with Crippen molar-refractivity contribution in [3.05, 3.63) is 48.6 Å². The fourth-order valence-corrected chi connectivity index (χ4v) is 1.74. The molecule has 0 saturated carbocycles. The van der Waals surface area contributed by atoms with Crippen LogP contribution in [-0.4, -0.2) is 5.11 Å². The molecule has 0 aliphatic carbocycles. The van der Waals surface area contributed by atoms with Crippen molar-refractivity contribution < 1.29 is 5.11 Å². The van der Waals surface area contributed by atoms with Crippen molar-refractivity contribution in [2.45, 2.75) is 32.3 Å². The van der Waals surface area contributed by atoms with Crippen molar-refractivity contribution in [3.63, 3.8) is 0 Å². The average molecular weight is 204 g/mol. The molecule has 0 unspecified atom stereocenters. The zero-order valence-electron chi connectivity index (χ0n) is 9.39. The van der Waals surface area contributed by atoms with Gasteiger partial charge in [-0.2, -0.15) is 0 Å². The fraction of sp³-hybridized carbons (Fsp3) is 0.429. The lowest BCUT2D eigenvalue weighted by atomic mass is 9.91. The Morgan fingerprint density at radius 3 is 2.53 bits per heavy atom. The number of aliphatic hydroxyl groups excluding tert-OH is 1. The van der Waals surface area contributed by atoms with Crippen molar-refractivity contribution in [3.8, 4) is 0 Å². The molecule has 1 N–H and O–H groups in total. The predicted octanol–water partition coefficient (Wildman–Crippen LogP) is 3.71. The molecule has 82 valence electrons. The van der Waals surface area contributed by atoms with E-state index in [0.717, 1.165) is 24.8 Å². The van der Waals surface area contributed by atoms with E-state index in [9.17, 15) is 5.11 Å². The molecule has 1 aromatic rings. The van der Waals surface area contributed by atoms with E-state index >= 15 is 0 Å². The summed E-state index contributed by atoms with van der Waals surface area (Å²) in [4.78, 5) is 0. The molecular weight excluding hydrogens is 184 g/mol. The molecule has 1 heteroatoms. The van der Waals surface area contributed by atoms with Crippen LogP contribution in [0.2, 0.25) is 0 Å². The van der Waals surface area contributed by atoms with Crippen LogP contribution < -0.4 is 0 Å². The Morgan fingerprint density at radius 1 is 1.33 bits per heavy atom. The lowest BCUT2D eigenvalue weighted by Crippen LogP contribution is -2.10. The first-order chi connectivity index (χ1) is 7.29. The van der Waals surface area contributed by atoms with E-state index < -0.39 is 6.10 Å². The molecule has 1 nitrogen and oxygen atoms in total. The summed E-state index contributed by atoms with van der Waals surface area (Å²) in [6.45, 7) is 5.96. The summed E-state index contributed by atoms with van der Waals surface area (Å²) < 4.78 is 0. The molecule has 0 saturated heterocycles. The molecule has 0 aromatic heterocycles. The zero-order chi connectivity index (χ0) is 11.1. The summed E-state index contributed by atoms with van der Waals surface area (Å²) in [6.07, 6.45) is 4.77. The third kappa shape index (κ3) is 3.52. The van der Waals surface area contributed by atoms with E-state index in [0.29, 0.717) is 0 Å². The molecule has 15 heavy (non-hydrogen) atoms. The zero-order valence-corrected chi connectivity index (χ0v) is 9.39. The summed E-state index contributed by atoms with van der Waals surface area (Å²) in [5, 5.41) is 10.1. The maximum absolute atomic E-state index is 10.1. The maximum Gasteiger partial charge on any atom is 0.0852 e. The van der Waals surface area contributed by atoms with Crippen LogP contribution in [0.3, 0.4) is 0 Å². The normalized spacial score (nSPS) is 14.5. The number of hydrogen-bond acceptors (Lipinski definition) is 1. The van der Waals surface area contributed by atoms with Crippen molar-refractivity contribution in [1.82, 2.24) is 0 Å². The summed E-state index contributed by atoms with van der Waals surface area (Å²) in [6, 6.07) is 9.81. The largest absolute Gasteiger partial charge is 0.388 e. The maximum atomic E-state index is 10.1. The van der Waals surface area contributed by atoms with Crippen LogP contribution >= 0.6 is 0 Å². The van der Waals surface area contributed by atoms with E-state index in [-0.39, 0.29) is 5.92 Å². The molecule has 0 amide bonds. The highest BCUT2D eigenvalue weighted by atomic mass is 16.3. The van der Waals surface area contributed by atoms with E-state index in [2.05, 4.69) is 13.5 Å². The number of aliphatic hydroxyl groups is 1. The summed E-state index contributed by atoms with van der Waals surface area (Å²) in [7, 11) is 0. The molecule has 0 heterocycles. The lowest BCUT2D eigenvalue weighted by molar-refractivity contribution is 0.126. The molecule has 0 fully saturated rings. The van der Waals surface area contributed by atoms with Crippen LogP contribution in [0, 0.1) is 5.92 Å². The fourth-order valence-electron chi connectivity index (χ4n) is 1.74. The lowest BCUT2D eigenvalue weighted by Gasteiger charge is -2.19. The third-order valence-corrected chi connectivity index (χ3v) is 2.74. The smallest absolute Gasteiger partial charge is 0.0852 e. The molecule has 0 spiro atoms. The van der Waals surface area contributed by atoms with Crippen molar-refractivity contribution in [2.75, 3.05) is 0 Å². The van der Waals surface area contributed by atoms with Gasteiger partial charge in [-0.15, -0.1) is 6.58 Å². The quantitative estimate of drug-likeness (QED) is 0.700. The van der Waals surface area contributed by atoms with E-state index in [1.54, 1.807) is 0 Å². The predicted molar refractivity (Wildman–Crippen MR) is 64.6 cm³/mol. The number of rotatable bonds is 6. The SMILES string of the molecule is C=C[C@H](CCCC)[C@H](O)c1ccccc1. The van der Waals surface area contributed by atoms with Crippen LogP contribution in [0.4, 0.5) is 0 Å². The second kappa shape index (κ2) is 6.41. The van der Waals surface area contributed by atoms with Crippen LogP contribution in [0.15, 0.2) is 43.0 Å². The van der Waals surface area contributed by atoms with Crippen LogP contribution in [-0.2, 0) is 0 Å². The highest BCUT2D eigenvalue weighted by Gasteiger charge is 2.16. The van der Waals surface area contributed by atoms with Gasteiger partial charge >= 0.3 is 0 Å². The van der Waals surface area contributed by atoms with Gasteiger partial charge < -0.3 is 5.11 Å². The third-order valence-electron chi connectivity index (χ3n) is 2.74. The molecule has 2 atom stereocenters. The number of unbranched alkanes of at least 4 members (excludes halogenated alkanes) is 1. The number of benzene rings is 1. The Hall–Kier alpha value is -1.08. The Bertz CT molecular complexity index is 279. The van der Waals surface area contributed by atoms with Crippen molar-refractivity contribution in [2.24, 2.45) is 5.92 Å². The minimum atomic E-state index is -0.407. The molecule has 0 aliphatic rings. The van der Waals surface area contributed by atoms with E-state index in [1.807, 2.05) is 36.4 Å². The van der Waals surface area contributed by atoms with Gasteiger partial charge in [-0.25, -0.2) is 0 Å². The summed E-state index contributed by atoms with van der Waals surface area (Å²) in [5.41, 5.74) is 0.985. The minimum Gasteiger partial charge on any atom is -0.388 e. The van der Waals surface area contributed by atoms with Crippen LogP contribution in [0.5, 0.6) is 0 Å². The second-order valence-electron chi connectivity index (χ2n) is 3.90. The molecule has 1 aromatic carbocycles. The van der Waals surface area contributed by atoms with Gasteiger partial charge in [0, 0.05) is 5.92 Å². The van der Waals surface area contributed by atoms with Crippen LogP contribution in [0.1, 0.15) is 37.9 Å². The number of hydrogen-bond donors (Lipinski definition) is 1. The Morgan fingerprint density at radius 2 is 2.00 bits per heavy atom. The Balaban J connectivity index is 2.64. The van der Waals surface area contributed by atoms with E-state index in [1.165, 1.54) is 0 Å². The molecule has 0 bridgehead atoms. The van der Waals surface area contributed by atoms with Gasteiger partial charge in [-0.3, -0.25) is 0 Å². The Kier molecular flexibility index (Phi) is 5.13.